The predicted octanol–water partition coefficient (Wildman–Crippen LogP) is 3.53. The van der Waals surface area contributed by atoms with Gasteiger partial charge in [-0.15, -0.1) is 0 Å². The van der Waals surface area contributed by atoms with E-state index in [1.807, 2.05) is 0 Å². The Balaban J connectivity index is 1.50. The number of nitrogens with zero attached hydrogens (tertiary/aromatic N) is 2. The first kappa shape index (κ1) is 16.1. The highest BCUT2D eigenvalue weighted by molar-refractivity contribution is 5.85. The Bertz CT molecular complexity index is 660. The van der Waals surface area contributed by atoms with Crippen molar-refractivity contribution >= 4 is 10.8 Å². The molecule has 0 bridgehead atoms. The van der Waals surface area contributed by atoms with Crippen molar-refractivity contribution < 1.29 is 4.74 Å². The van der Waals surface area contributed by atoms with E-state index in [2.05, 4.69) is 52.3 Å². The summed E-state index contributed by atoms with van der Waals surface area (Å²) in [5.41, 5.74) is 1.47. The monoisotopic (exact) mass is 324 g/mol. The zero-order chi connectivity index (χ0) is 16.2. The minimum absolute atomic E-state index is 0.691. The van der Waals surface area contributed by atoms with Crippen LogP contribution in [0.2, 0.25) is 0 Å². The third-order valence-electron chi connectivity index (χ3n) is 5.58. The lowest BCUT2D eigenvalue weighted by molar-refractivity contribution is 0.0154. The summed E-state index contributed by atoms with van der Waals surface area (Å²) < 4.78 is 5.50. The molecule has 2 fully saturated rings. The summed E-state index contributed by atoms with van der Waals surface area (Å²) in [6.45, 7) is 7.51. The van der Waals surface area contributed by atoms with Gasteiger partial charge in [0.05, 0.1) is 13.2 Å². The first-order valence-electron chi connectivity index (χ1n) is 9.41. The second-order valence-electron chi connectivity index (χ2n) is 7.17. The lowest BCUT2D eigenvalue weighted by atomic mass is 9.98. The minimum atomic E-state index is 0.691. The zero-order valence-electron chi connectivity index (χ0n) is 14.5. The van der Waals surface area contributed by atoms with Gasteiger partial charge in [-0.3, -0.25) is 9.80 Å². The Morgan fingerprint density at radius 2 is 1.75 bits per heavy atom. The van der Waals surface area contributed by atoms with Crippen LogP contribution in [0.1, 0.15) is 24.8 Å². The van der Waals surface area contributed by atoms with Gasteiger partial charge in [-0.2, -0.15) is 0 Å². The number of fused-ring (bicyclic) bond motifs is 1. The molecular weight excluding hydrogens is 296 g/mol. The van der Waals surface area contributed by atoms with E-state index in [0.717, 1.165) is 32.8 Å². The van der Waals surface area contributed by atoms with Crippen molar-refractivity contribution in [3.8, 4) is 0 Å². The van der Waals surface area contributed by atoms with Crippen LogP contribution in [0.25, 0.3) is 10.8 Å². The molecule has 24 heavy (non-hydrogen) atoms. The molecule has 3 heteroatoms. The molecule has 3 nitrogen and oxygen atoms in total. The van der Waals surface area contributed by atoms with E-state index < -0.39 is 0 Å². The first-order chi connectivity index (χ1) is 11.9. The summed E-state index contributed by atoms with van der Waals surface area (Å²) in [4.78, 5) is 5.32. The number of morpholine rings is 1. The molecule has 0 amide bonds. The lowest BCUT2D eigenvalue weighted by Gasteiger charge is -2.39. The summed E-state index contributed by atoms with van der Waals surface area (Å²) in [6.07, 6.45) is 4.05. The Labute approximate surface area is 145 Å². The summed E-state index contributed by atoms with van der Waals surface area (Å²) in [6, 6.07) is 16.2. The van der Waals surface area contributed by atoms with Gasteiger partial charge in [-0.25, -0.2) is 0 Å². The Kier molecular flexibility index (Phi) is 5.12. The SMILES string of the molecule is c1ccc2c(CN3CCCC[C@H]3CN3CCOCC3)cccc2c1. The van der Waals surface area contributed by atoms with Crippen molar-refractivity contribution in [3.05, 3.63) is 48.0 Å². The number of piperidine rings is 1. The molecule has 2 aromatic rings. The molecule has 0 N–H and O–H groups in total. The van der Waals surface area contributed by atoms with Crippen molar-refractivity contribution in [3.63, 3.8) is 0 Å². The quantitative estimate of drug-likeness (QED) is 0.856. The molecule has 4 rings (SSSR count). The summed E-state index contributed by atoms with van der Waals surface area (Å²) in [7, 11) is 0. The minimum Gasteiger partial charge on any atom is -0.379 e. The smallest absolute Gasteiger partial charge is 0.0594 e. The van der Waals surface area contributed by atoms with E-state index in [0.29, 0.717) is 6.04 Å². The molecule has 0 aliphatic carbocycles. The van der Waals surface area contributed by atoms with E-state index in [-0.39, 0.29) is 0 Å². The van der Waals surface area contributed by atoms with Crippen LogP contribution < -0.4 is 0 Å². The molecule has 0 unspecified atom stereocenters. The maximum absolute atomic E-state index is 5.50. The highest BCUT2D eigenvalue weighted by Crippen LogP contribution is 2.25. The molecule has 1 atom stereocenters. The molecule has 0 radical (unpaired) electrons. The average molecular weight is 324 g/mol. The average Bonchev–Trinajstić information content (AvgIpc) is 2.64. The van der Waals surface area contributed by atoms with Crippen LogP contribution in [0.5, 0.6) is 0 Å². The fourth-order valence-electron chi connectivity index (χ4n) is 4.21. The second kappa shape index (κ2) is 7.64. The van der Waals surface area contributed by atoms with Crippen molar-refractivity contribution in [2.24, 2.45) is 0 Å². The second-order valence-corrected chi connectivity index (χ2v) is 7.17. The number of likely N-dealkylation sites (tertiary alicyclic amines) is 1. The van der Waals surface area contributed by atoms with Gasteiger partial charge in [0.25, 0.3) is 0 Å². The molecule has 128 valence electrons. The van der Waals surface area contributed by atoms with Crippen LogP contribution in [0.15, 0.2) is 42.5 Å². The van der Waals surface area contributed by atoms with Crippen LogP contribution in [0.4, 0.5) is 0 Å². The molecule has 2 aromatic carbocycles. The van der Waals surface area contributed by atoms with Gasteiger partial charge in [0, 0.05) is 32.2 Å². The predicted molar refractivity (Wildman–Crippen MR) is 99.3 cm³/mol. The molecule has 2 saturated heterocycles. The lowest BCUT2D eigenvalue weighted by Crippen LogP contribution is -2.49. The third-order valence-corrected chi connectivity index (χ3v) is 5.58. The number of ether oxygens (including phenoxy) is 1. The highest BCUT2D eigenvalue weighted by atomic mass is 16.5. The summed E-state index contributed by atoms with van der Waals surface area (Å²) in [5.74, 6) is 0. The molecule has 2 aliphatic heterocycles. The molecule has 2 aliphatic rings. The molecule has 0 aromatic heterocycles. The van der Waals surface area contributed by atoms with Crippen molar-refractivity contribution in [1.82, 2.24) is 9.80 Å². The van der Waals surface area contributed by atoms with Gasteiger partial charge in [-0.1, -0.05) is 48.9 Å². The van der Waals surface area contributed by atoms with Gasteiger partial charge in [-0.05, 0) is 35.7 Å². The first-order valence-corrected chi connectivity index (χ1v) is 9.41. The van der Waals surface area contributed by atoms with E-state index >= 15 is 0 Å². The molecule has 0 spiro atoms. The number of hydrogen-bond donors (Lipinski definition) is 0. The third kappa shape index (κ3) is 3.64. The van der Waals surface area contributed by atoms with E-state index in [1.54, 1.807) is 0 Å². The van der Waals surface area contributed by atoms with E-state index in [9.17, 15) is 0 Å². The molecule has 2 heterocycles. The van der Waals surface area contributed by atoms with E-state index in [4.69, 9.17) is 4.74 Å². The fourth-order valence-corrected chi connectivity index (χ4v) is 4.21. The Hall–Kier alpha value is -1.42. The number of benzene rings is 2. The summed E-state index contributed by atoms with van der Waals surface area (Å²) in [5, 5.41) is 2.77. The Morgan fingerprint density at radius 1 is 0.917 bits per heavy atom. The fraction of sp³-hybridized carbons (Fsp3) is 0.524. The van der Waals surface area contributed by atoms with Crippen LogP contribution in [0.3, 0.4) is 0 Å². The van der Waals surface area contributed by atoms with Crippen LogP contribution in [-0.2, 0) is 11.3 Å². The van der Waals surface area contributed by atoms with E-state index in [1.165, 1.54) is 48.7 Å². The molecule has 0 saturated carbocycles. The van der Waals surface area contributed by atoms with Crippen LogP contribution in [-0.4, -0.2) is 55.2 Å². The maximum Gasteiger partial charge on any atom is 0.0594 e. The van der Waals surface area contributed by atoms with Crippen LogP contribution in [0, 0.1) is 0 Å². The number of hydrogen-bond acceptors (Lipinski definition) is 3. The normalized spacial score (nSPS) is 23.6. The highest BCUT2D eigenvalue weighted by Gasteiger charge is 2.25. The van der Waals surface area contributed by atoms with Gasteiger partial charge in [0.15, 0.2) is 0 Å². The van der Waals surface area contributed by atoms with Gasteiger partial charge in [0.2, 0.25) is 0 Å². The maximum atomic E-state index is 5.50. The summed E-state index contributed by atoms with van der Waals surface area (Å²) >= 11 is 0. The molecular formula is C21H28N2O. The van der Waals surface area contributed by atoms with Gasteiger partial charge in [0.1, 0.15) is 0 Å². The topological polar surface area (TPSA) is 15.7 Å². The van der Waals surface area contributed by atoms with Crippen molar-refractivity contribution in [2.75, 3.05) is 39.4 Å². The van der Waals surface area contributed by atoms with Gasteiger partial charge < -0.3 is 4.74 Å². The van der Waals surface area contributed by atoms with Crippen LogP contribution >= 0.6 is 0 Å². The Morgan fingerprint density at radius 3 is 2.67 bits per heavy atom. The van der Waals surface area contributed by atoms with Gasteiger partial charge >= 0.3 is 0 Å². The largest absolute Gasteiger partial charge is 0.379 e. The van der Waals surface area contributed by atoms with Crippen molar-refractivity contribution in [1.29, 1.82) is 0 Å². The standard InChI is InChI=1S/C21H28N2O/c1-2-10-21-18(6-1)7-5-8-19(21)16-23-11-4-3-9-20(23)17-22-12-14-24-15-13-22/h1-2,5-8,10,20H,3-4,9,11-17H2/t20-/m0/s1. The zero-order valence-corrected chi connectivity index (χ0v) is 14.5. The van der Waals surface area contributed by atoms with Crippen molar-refractivity contribution in [2.45, 2.75) is 31.8 Å². The number of rotatable bonds is 4.